The van der Waals surface area contributed by atoms with Crippen molar-refractivity contribution in [2.24, 2.45) is 5.41 Å². The summed E-state index contributed by atoms with van der Waals surface area (Å²) in [7, 11) is 0. The van der Waals surface area contributed by atoms with E-state index in [0.29, 0.717) is 18.7 Å². The summed E-state index contributed by atoms with van der Waals surface area (Å²) in [4.78, 5) is 12.3. The van der Waals surface area contributed by atoms with Crippen LogP contribution in [0.25, 0.3) is 11.0 Å². The van der Waals surface area contributed by atoms with Gasteiger partial charge in [0, 0.05) is 17.5 Å². The van der Waals surface area contributed by atoms with Gasteiger partial charge in [0.1, 0.15) is 5.58 Å². The molecular formula is C17H23NO3. The molecule has 0 spiro atoms. The second-order valence-electron chi connectivity index (χ2n) is 6.45. The van der Waals surface area contributed by atoms with Gasteiger partial charge in [-0.2, -0.15) is 0 Å². The Labute approximate surface area is 125 Å². The molecule has 1 heterocycles. The molecular weight excluding hydrogens is 266 g/mol. The smallest absolute Gasteiger partial charge is 0.287 e. The van der Waals surface area contributed by atoms with Crippen LogP contribution in [-0.4, -0.2) is 23.7 Å². The maximum atomic E-state index is 12.3. The number of carbonyl (C=O) groups excluding carboxylic acids is 1. The molecule has 4 nitrogen and oxygen atoms in total. The third-order valence-electron chi connectivity index (χ3n) is 3.63. The Hall–Kier alpha value is -1.81. The zero-order valence-electron chi connectivity index (χ0n) is 13.1. The summed E-state index contributed by atoms with van der Waals surface area (Å²) in [5.41, 5.74) is 1.42. The second kappa shape index (κ2) is 5.90. The summed E-state index contributed by atoms with van der Waals surface area (Å²) in [6, 6.07) is 7.62. The molecule has 0 saturated heterocycles. The highest BCUT2D eigenvalue weighted by Gasteiger charge is 2.23. The molecule has 0 aliphatic heterocycles. The van der Waals surface area contributed by atoms with Crippen LogP contribution in [-0.2, 0) is 0 Å². The first kappa shape index (κ1) is 15.6. The van der Waals surface area contributed by atoms with E-state index in [1.54, 1.807) is 6.92 Å². The van der Waals surface area contributed by atoms with E-state index in [-0.39, 0.29) is 17.4 Å². The predicted molar refractivity (Wildman–Crippen MR) is 83.4 cm³/mol. The van der Waals surface area contributed by atoms with Crippen molar-refractivity contribution >= 4 is 16.9 Å². The maximum Gasteiger partial charge on any atom is 0.287 e. The van der Waals surface area contributed by atoms with Crippen molar-refractivity contribution in [3.8, 4) is 0 Å². The molecule has 0 radical (unpaired) electrons. The molecule has 21 heavy (non-hydrogen) atoms. The summed E-state index contributed by atoms with van der Waals surface area (Å²) in [5, 5.41) is 13.3. The number of carbonyl (C=O) groups is 1. The summed E-state index contributed by atoms with van der Waals surface area (Å²) in [6.45, 7) is 8.18. The van der Waals surface area contributed by atoms with Gasteiger partial charge in [-0.3, -0.25) is 4.79 Å². The molecule has 0 aliphatic carbocycles. The van der Waals surface area contributed by atoms with Crippen LogP contribution in [0.15, 0.2) is 28.7 Å². The fraction of sp³-hybridized carbons (Fsp3) is 0.471. The van der Waals surface area contributed by atoms with Gasteiger partial charge >= 0.3 is 0 Å². The number of amides is 1. The fourth-order valence-electron chi connectivity index (χ4n) is 2.66. The molecule has 0 aliphatic rings. The number of furan rings is 1. The molecule has 1 unspecified atom stereocenters. The van der Waals surface area contributed by atoms with Crippen LogP contribution in [0.2, 0.25) is 0 Å². The lowest BCUT2D eigenvalue weighted by Crippen LogP contribution is -2.35. The molecule has 1 amide bonds. The van der Waals surface area contributed by atoms with Gasteiger partial charge in [-0.25, -0.2) is 0 Å². The molecule has 0 bridgehead atoms. The molecule has 1 aromatic heterocycles. The van der Waals surface area contributed by atoms with Crippen molar-refractivity contribution in [3.63, 3.8) is 0 Å². The molecule has 2 rings (SSSR count). The normalized spacial score (nSPS) is 13.4. The summed E-state index contributed by atoms with van der Waals surface area (Å²) >= 11 is 0. The zero-order valence-corrected chi connectivity index (χ0v) is 13.1. The molecule has 1 atom stereocenters. The Balaban J connectivity index is 2.11. The van der Waals surface area contributed by atoms with E-state index < -0.39 is 0 Å². The summed E-state index contributed by atoms with van der Waals surface area (Å²) < 4.78 is 5.65. The molecule has 0 saturated carbocycles. The van der Waals surface area contributed by atoms with Crippen molar-refractivity contribution < 1.29 is 14.3 Å². The maximum absolute atomic E-state index is 12.3. The highest BCUT2D eigenvalue weighted by atomic mass is 16.3. The van der Waals surface area contributed by atoms with E-state index in [0.717, 1.165) is 16.5 Å². The van der Waals surface area contributed by atoms with Crippen LogP contribution in [0, 0.1) is 12.3 Å². The van der Waals surface area contributed by atoms with Crippen molar-refractivity contribution in [3.05, 3.63) is 35.6 Å². The lowest BCUT2D eigenvalue weighted by Gasteiger charge is -2.26. The molecule has 4 heteroatoms. The van der Waals surface area contributed by atoms with Crippen LogP contribution in [0.3, 0.4) is 0 Å². The minimum Gasteiger partial charge on any atom is -0.451 e. The number of para-hydroxylation sites is 1. The number of benzene rings is 1. The van der Waals surface area contributed by atoms with Crippen LogP contribution >= 0.6 is 0 Å². The van der Waals surface area contributed by atoms with E-state index >= 15 is 0 Å². The van der Waals surface area contributed by atoms with E-state index in [1.807, 2.05) is 45.0 Å². The molecule has 1 aromatic carbocycles. The van der Waals surface area contributed by atoms with Crippen LogP contribution in [0.4, 0.5) is 0 Å². The second-order valence-corrected chi connectivity index (χ2v) is 6.45. The third kappa shape index (κ3) is 3.64. The molecule has 2 N–H and O–H groups in total. The SMILES string of the molecule is Cc1c(C(=O)NCC(C)(C)CC(C)O)oc2ccccc12. The van der Waals surface area contributed by atoms with Crippen molar-refractivity contribution in [1.29, 1.82) is 0 Å². The first-order chi connectivity index (χ1) is 9.80. The Bertz CT molecular complexity index is 641. The third-order valence-corrected chi connectivity index (χ3v) is 3.63. The Morgan fingerprint density at radius 1 is 1.38 bits per heavy atom. The van der Waals surface area contributed by atoms with Crippen LogP contribution in [0.5, 0.6) is 0 Å². The number of rotatable bonds is 5. The number of aliphatic hydroxyl groups is 1. The minimum atomic E-state index is -0.384. The molecule has 114 valence electrons. The van der Waals surface area contributed by atoms with E-state index in [9.17, 15) is 9.90 Å². The van der Waals surface area contributed by atoms with Gasteiger partial charge in [0.05, 0.1) is 6.10 Å². The van der Waals surface area contributed by atoms with Gasteiger partial charge in [-0.1, -0.05) is 32.0 Å². The highest BCUT2D eigenvalue weighted by molar-refractivity contribution is 5.98. The first-order valence-electron chi connectivity index (χ1n) is 7.24. The van der Waals surface area contributed by atoms with Crippen molar-refractivity contribution in [2.45, 2.75) is 40.2 Å². The van der Waals surface area contributed by atoms with E-state index in [4.69, 9.17) is 4.42 Å². The monoisotopic (exact) mass is 289 g/mol. The average Bonchev–Trinajstić information content (AvgIpc) is 2.73. The van der Waals surface area contributed by atoms with Crippen molar-refractivity contribution in [1.82, 2.24) is 5.32 Å². The number of hydrogen-bond donors (Lipinski definition) is 2. The Morgan fingerprint density at radius 3 is 2.67 bits per heavy atom. The summed E-state index contributed by atoms with van der Waals surface area (Å²) in [6.07, 6.45) is 0.247. The van der Waals surface area contributed by atoms with Crippen LogP contribution in [0.1, 0.15) is 43.3 Å². The average molecular weight is 289 g/mol. The van der Waals surface area contributed by atoms with Gasteiger partial charge in [-0.15, -0.1) is 0 Å². The van der Waals surface area contributed by atoms with Gasteiger partial charge in [0.2, 0.25) is 0 Å². The van der Waals surface area contributed by atoms with Gasteiger partial charge < -0.3 is 14.8 Å². The largest absolute Gasteiger partial charge is 0.451 e. The Morgan fingerprint density at radius 2 is 2.05 bits per heavy atom. The Kier molecular flexibility index (Phi) is 4.37. The summed E-state index contributed by atoms with van der Waals surface area (Å²) in [5.74, 6) is 0.159. The number of hydrogen-bond acceptors (Lipinski definition) is 3. The molecule has 0 fully saturated rings. The lowest BCUT2D eigenvalue weighted by molar-refractivity contribution is 0.0877. The minimum absolute atomic E-state index is 0.163. The fourth-order valence-corrected chi connectivity index (χ4v) is 2.66. The van der Waals surface area contributed by atoms with E-state index in [2.05, 4.69) is 5.32 Å². The number of nitrogens with one attached hydrogen (secondary N) is 1. The predicted octanol–water partition coefficient (Wildman–Crippen LogP) is 3.27. The molecule has 2 aromatic rings. The van der Waals surface area contributed by atoms with Gasteiger partial charge in [0.15, 0.2) is 5.76 Å². The van der Waals surface area contributed by atoms with Gasteiger partial charge in [-0.05, 0) is 31.7 Å². The number of aliphatic hydroxyl groups excluding tert-OH is 1. The zero-order chi connectivity index (χ0) is 15.6. The topological polar surface area (TPSA) is 62.5 Å². The van der Waals surface area contributed by atoms with Gasteiger partial charge in [0.25, 0.3) is 5.91 Å². The quantitative estimate of drug-likeness (QED) is 0.888. The lowest BCUT2D eigenvalue weighted by atomic mass is 9.87. The van der Waals surface area contributed by atoms with Crippen LogP contribution < -0.4 is 5.32 Å². The first-order valence-corrected chi connectivity index (χ1v) is 7.24. The highest BCUT2D eigenvalue weighted by Crippen LogP contribution is 2.25. The number of fused-ring (bicyclic) bond motifs is 1. The number of aryl methyl sites for hydroxylation is 1. The van der Waals surface area contributed by atoms with Crippen molar-refractivity contribution in [2.75, 3.05) is 6.54 Å². The van der Waals surface area contributed by atoms with E-state index in [1.165, 1.54) is 0 Å². The standard InChI is InChI=1S/C17H23NO3/c1-11(19)9-17(3,4)10-18-16(20)15-12(2)13-7-5-6-8-14(13)21-15/h5-8,11,19H,9-10H2,1-4H3,(H,18,20).